The van der Waals surface area contributed by atoms with Gasteiger partial charge >= 0.3 is 5.97 Å². The number of carbonyl (C=O) groups is 1. The lowest BCUT2D eigenvalue weighted by molar-refractivity contribution is -0.138. The molecular weight excluding hydrogens is 234 g/mol. The lowest BCUT2D eigenvalue weighted by Crippen LogP contribution is -2.27. The van der Waals surface area contributed by atoms with Gasteiger partial charge in [-0.15, -0.1) is 0 Å². The number of benzene rings is 1. The molecule has 96 valence electrons. The SMILES string of the molecule is COc1cc2c(cc1OC)C(C)=NC(C(=O)O)C2. The van der Waals surface area contributed by atoms with Gasteiger partial charge in [-0.3, -0.25) is 4.99 Å². The Balaban J connectivity index is 2.51. The van der Waals surface area contributed by atoms with Crippen molar-refractivity contribution in [1.29, 1.82) is 0 Å². The van der Waals surface area contributed by atoms with Gasteiger partial charge in [0, 0.05) is 17.7 Å². The maximum absolute atomic E-state index is 11.0. The van der Waals surface area contributed by atoms with Crippen molar-refractivity contribution in [3.63, 3.8) is 0 Å². The van der Waals surface area contributed by atoms with E-state index in [1.165, 1.54) is 0 Å². The molecule has 0 aliphatic carbocycles. The Bertz CT molecular complexity index is 522. The summed E-state index contributed by atoms with van der Waals surface area (Å²) in [6.07, 6.45) is 0.377. The normalized spacial score (nSPS) is 17.7. The predicted molar refractivity (Wildman–Crippen MR) is 66.9 cm³/mol. The molecule has 1 heterocycles. The minimum Gasteiger partial charge on any atom is -0.493 e. The molecule has 1 aliphatic rings. The van der Waals surface area contributed by atoms with Crippen molar-refractivity contribution < 1.29 is 19.4 Å². The van der Waals surface area contributed by atoms with E-state index in [-0.39, 0.29) is 0 Å². The fourth-order valence-electron chi connectivity index (χ4n) is 2.13. The first-order valence-corrected chi connectivity index (χ1v) is 5.59. The first kappa shape index (κ1) is 12.4. The molecule has 0 spiro atoms. The van der Waals surface area contributed by atoms with Crippen molar-refractivity contribution in [2.75, 3.05) is 14.2 Å². The molecule has 0 radical (unpaired) electrons. The van der Waals surface area contributed by atoms with E-state index in [4.69, 9.17) is 14.6 Å². The van der Waals surface area contributed by atoms with Gasteiger partial charge in [0.15, 0.2) is 17.5 Å². The zero-order chi connectivity index (χ0) is 13.3. The van der Waals surface area contributed by atoms with Gasteiger partial charge < -0.3 is 14.6 Å². The average molecular weight is 249 g/mol. The summed E-state index contributed by atoms with van der Waals surface area (Å²) in [4.78, 5) is 15.2. The second-order valence-corrected chi connectivity index (χ2v) is 4.14. The van der Waals surface area contributed by atoms with E-state index in [2.05, 4.69) is 4.99 Å². The van der Waals surface area contributed by atoms with Crippen LogP contribution in [0.1, 0.15) is 18.1 Å². The fraction of sp³-hybridized carbons (Fsp3) is 0.385. The third-order valence-corrected chi connectivity index (χ3v) is 3.05. The molecule has 1 atom stereocenters. The average Bonchev–Trinajstić information content (AvgIpc) is 2.36. The summed E-state index contributed by atoms with van der Waals surface area (Å²) >= 11 is 0. The zero-order valence-corrected chi connectivity index (χ0v) is 10.6. The third-order valence-electron chi connectivity index (χ3n) is 3.05. The number of hydrogen-bond acceptors (Lipinski definition) is 4. The number of fused-ring (bicyclic) bond motifs is 1. The highest BCUT2D eigenvalue weighted by atomic mass is 16.5. The quantitative estimate of drug-likeness (QED) is 0.881. The van der Waals surface area contributed by atoms with Crippen LogP contribution in [0.3, 0.4) is 0 Å². The second-order valence-electron chi connectivity index (χ2n) is 4.14. The summed E-state index contributed by atoms with van der Waals surface area (Å²) in [6, 6.07) is 2.95. The highest BCUT2D eigenvalue weighted by Crippen LogP contribution is 2.33. The number of methoxy groups -OCH3 is 2. The number of rotatable bonds is 3. The Morgan fingerprint density at radius 3 is 2.50 bits per heavy atom. The number of hydrogen-bond donors (Lipinski definition) is 1. The maximum atomic E-state index is 11.0. The standard InChI is InChI=1S/C13H15NO4/c1-7-9-6-12(18-3)11(17-2)5-8(9)4-10(14-7)13(15)16/h5-6,10H,4H2,1-3H3,(H,15,16). The van der Waals surface area contributed by atoms with Crippen LogP contribution < -0.4 is 9.47 Å². The van der Waals surface area contributed by atoms with Crippen LogP contribution in [0.5, 0.6) is 11.5 Å². The molecule has 5 nitrogen and oxygen atoms in total. The van der Waals surface area contributed by atoms with E-state index in [9.17, 15) is 4.79 Å². The third kappa shape index (κ3) is 2.03. The summed E-state index contributed by atoms with van der Waals surface area (Å²) < 4.78 is 10.4. The van der Waals surface area contributed by atoms with Crippen LogP contribution in [-0.4, -0.2) is 37.0 Å². The highest BCUT2D eigenvalue weighted by Gasteiger charge is 2.25. The molecule has 5 heteroatoms. The van der Waals surface area contributed by atoms with Gasteiger partial charge in [-0.05, 0) is 24.6 Å². The molecule has 0 saturated heterocycles. The summed E-state index contributed by atoms with van der Waals surface area (Å²) in [6.45, 7) is 1.81. The van der Waals surface area contributed by atoms with E-state index < -0.39 is 12.0 Å². The Labute approximate surface area is 105 Å². The molecule has 18 heavy (non-hydrogen) atoms. The van der Waals surface area contributed by atoms with Crippen molar-refractivity contribution in [2.24, 2.45) is 4.99 Å². The minimum atomic E-state index is -0.908. The Morgan fingerprint density at radius 1 is 1.33 bits per heavy atom. The van der Waals surface area contributed by atoms with E-state index in [0.29, 0.717) is 23.6 Å². The molecule has 0 fully saturated rings. The van der Waals surface area contributed by atoms with Gasteiger partial charge in [0.2, 0.25) is 0 Å². The predicted octanol–water partition coefficient (Wildman–Crippen LogP) is 1.52. The van der Waals surface area contributed by atoms with Gasteiger partial charge in [0.25, 0.3) is 0 Å². The lowest BCUT2D eigenvalue weighted by Gasteiger charge is -2.21. The van der Waals surface area contributed by atoms with Gasteiger partial charge in [0.1, 0.15) is 0 Å². The molecule has 1 unspecified atom stereocenters. The maximum Gasteiger partial charge on any atom is 0.328 e. The molecule has 2 rings (SSSR count). The minimum absolute atomic E-state index is 0.377. The summed E-state index contributed by atoms with van der Waals surface area (Å²) in [7, 11) is 3.13. The highest BCUT2D eigenvalue weighted by molar-refractivity contribution is 6.03. The van der Waals surface area contributed by atoms with Gasteiger partial charge in [-0.2, -0.15) is 0 Å². The molecule has 0 aromatic heterocycles. The number of nitrogens with zero attached hydrogens (tertiary/aromatic N) is 1. The zero-order valence-electron chi connectivity index (χ0n) is 10.6. The Morgan fingerprint density at radius 2 is 1.94 bits per heavy atom. The van der Waals surface area contributed by atoms with Crippen LogP contribution in [0.4, 0.5) is 0 Å². The molecule has 0 saturated carbocycles. The van der Waals surface area contributed by atoms with Crippen LogP contribution in [0.2, 0.25) is 0 Å². The number of carboxylic acids is 1. The van der Waals surface area contributed by atoms with Crippen molar-refractivity contribution in [3.8, 4) is 11.5 Å². The van der Waals surface area contributed by atoms with Crippen molar-refractivity contribution in [3.05, 3.63) is 23.3 Å². The number of aliphatic imine (C=N–C) groups is 1. The van der Waals surface area contributed by atoms with E-state index in [0.717, 1.165) is 11.1 Å². The van der Waals surface area contributed by atoms with Crippen molar-refractivity contribution in [1.82, 2.24) is 0 Å². The molecule has 0 bridgehead atoms. The molecule has 1 aliphatic heterocycles. The van der Waals surface area contributed by atoms with Gasteiger partial charge in [-0.25, -0.2) is 4.79 Å². The number of carboxylic acid groups (broad SMARTS) is 1. The van der Waals surface area contributed by atoms with Crippen LogP contribution >= 0.6 is 0 Å². The second kappa shape index (κ2) is 4.68. The van der Waals surface area contributed by atoms with Gasteiger partial charge in [0.05, 0.1) is 14.2 Å². The molecular formula is C13H15NO4. The summed E-state index contributed by atoms with van der Waals surface area (Å²) in [5.41, 5.74) is 2.56. The summed E-state index contributed by atoms with van der Waals surface area (Å²) in [5, 5.41) is 9.05. The van der Waals surface area contributed by atoms with Crippen LogP contribution in [-0.2, 0) is 11.2 Å². The van der Waals surface area contributed by atoms with Crippen molar-refractivity contribution in [2.45, 2.75) is 19.4 Å². The first-order valence-electron chi connectivity index (χ1n) is 5.59. The van der Waals surface area contributed by atoms with Crippen molar-refractivity contribution >= 4 is 11.7 Å². The first-order chi connectivity index (χ1) is 8.56. The van der Waals surface area contributed by atoms with E-state index in [1.807, 2.05) is 12.1 Å². The number of ether oxygens (including phenoxy) is 2. The molecule has 1 aromatic rings. The fourth-order valence-corrected chi connectivity index (χ4v) is 2.13. The smallest absolute Gasteiger partial charge is 0.328 e. The van der Waals surface area contributed by atoms with E-state index in [1.54, 1.807) is 21.1 Å². The molecule has 1 aromatic carbocycles. The van der Waals surface area contributed by atoms with Gasteiger partial charge in [-0.1, -0.05) is 0 Å². The largest absolute Gasteiger partial charge is 0.493 e. The lowest BCUT2D eigenvalue weighted by atomic mass is 9.93. The number of aliphatic carboxylic acids is 1. The van der Waals surface area contributed by atoms with E-state index >= 15 is 0 Å². The van der Waals surface area contributed by atoms with Crippen LogP contribution in [0.15, 0.2) is 17.1 Å². The topological polar surface area (TPSA) is 68.1 Å². The Hall–Kier alpha value is -2.04. The monoisotopic (exact) mass is 249 g/mol. The molecule has 1 N–H and O–H groups in total. The van der Waals surface area contributed by atoms with Crippen LogP contribution in [0, 0.1) is 0 Å². The molecule has 0 amide bonds. The van der Waals surface area contributed by atoms with Crippen LogP contribution in [0.25, 0.3) is 0 Å². The summed E-state index contributed by atoms with van der Waals surface area (Å²) in [5.74, 6) is 0.324. The Kier molecular flexibility index (Phi) is 3.23.